The van der Waals surface area contributed by atoms with E-state index in [4.69, 9.17) is 14.6 Å². The third-order valence-electron chi connectivity index (χ3n) is 9.10. The first kappa shape index (κ1) is 39.4. The minimum Gasteiger partial charge on any atom is -0.462 e. The zero-order chi connectivity index (χ0) is 35.8. The molecular formula is C44H56O5. The van der Waals surface area contributed by atoms with Gasteiger partial charge in [0.2, 0.25) is 0 Å². The number of benzene rings is 2. The summed E-state index contributed by atoms with van der Waals surface area (Å²) in [4.78, 5) is 21.3. The predicted molar refractivity (Wildman–Crippen MR) is 203 cm³/mol. The number of aliphatic hydroxyl groups excluding tert-OH is 1. The van der Waals surface area contributed by atoms with Crippen LogP contribution in [0, 0.1) is 24.7 Å². The summed E-state index contributed by atoms with van der Waals surface area (Å²) >= 11 is 0. The molecule has 2 aliphatic rings. The zero-order valence-electron chi connectivity index (χ0n) is 30.3. The van der Waals surface area contributed by atoms with E-state index in [1.807, 2.05) is 0 Å². The van der Waals surface area contributed by atoms with Crippen LogP contribution in [-0.2, 0) is 31.9 Å². The molecule has 5 heteroatoms. The SMILES string of the molecule is C=C(C)C=O.C=C(CO)C(=O)OCC(CCc1ccc(-c2ccc(C3=CC4C=CC(CCCCC)=CC4C=C3)c(CC)c2)c(C)c1)COC. The van der Waals surface area contributed by atoms with E-state index in [2.05, 4.69) is 107 Å². The highest BCUT2D eigenvalue weighted by molar-refractivity contribution is 5.87. The number of carbonyl (C=O) groups excluding carboxylic acids is 2. The average Bonchev–Trinajstić information content (AvgIpc) is 3.12. The number of hydrogen-bond donors (Lipinski definition) is 1. The normalized spacial score (nSPS) is 16.8. The molecule has 0 saturated heterocycles. The standard InChI is InChI=1S/C40H50O4.C4H6O/c1-6-8-9-10-30-13-15-35-24-37(17-16-34(35)22-30)39-20-18-36(23-33(39)7-2)38-19-14-31(21-28(38)3)11-12-32(26-43-5)27-44-40(42)29(4)25-41;1-4(2)3-5/h13-24,32,34-35,41H,4,6-12,25-27H2,1-3,5H3;3H,1H2,2H3. The minimum absolute atomic E-state index is 0.0672. The van der Waals surface area contributed by atoms with Gasteiger partial charge < -0.3 is 14.6 Å². The fourth-order valence-corrected chi connectivity index (χ4v) is 6.25. The van der Waals surface area contributed by atoms with Gasteiger partial charge in [-0.25, -0.2) is 4.79 Å². The van der Waals surface area contributed by atoms with Gasteiger partial charge in [-0.05, 0) is 90.5 Å². The number of hydrogen-bond acceptors (Lipinski definition) is 5. The van der Waals surface area contributed by atoms with Gasteiger partial charge in [-0.1, -0.05) is 118 Å². The molecule has 5 nitrogen and oxygen atoms in total. The number of fused-ring (bicyclic) bond motifs is 1. The molecule has 0 aromatic heterocycles. The van der Waals surface area contributed by atoms with Crippen molar-refractivity contribution in [3.63, 3.8) is 0 Å². The first-order chi connectivity index (χ1) is 23.6. The number of unbranched alkanes of at least 4 members (excludes halogenated alkanes) is 2. The highest BCUT2D eigenvalue weighted by Crippen LogP contribution is 2.37. The third-order valence-corrected chi connectivity index (χ3v) is 9.10. The van der Waals surface area contributed by atoms with E-state index < -0.39 is 12.6 Å². The summed E-state index contributed by atoms with van der Waals surface area (Å²) in [6, 6.07) is 13.6. The molecule has 0 fully saturated rings. The lowest BCUT2D eigenvalue weighted by molar-refractivity contribution is -0.141. The van der Waals surface area contributed by atoms with E-state index in [9.17, 15) is 9.59 Å². The first-order valence-corrected chi connectivity index (χ1v) is 17.7. The van der Waals surface area contributed by atoms with Gasteiger partial charge in [-0.15, -0.1) is 0 Å². The Morgan fingerprint density at radius 2 is 1.67 bits per heavy atom. The molecule has 0 heterocycles. The van der Waals surface area contributed by atoms with Crippen molar-refractivity contribution >= 4 is 17.8 Å². The topological polar surface area (TPSA) is 72.8 Å². The average molecular weight is 665 g/mol. The number of rotatable bonds is 17. The van der Waals surface area contributed by atoms with Gasteiger partial charge in [0.05, 0.1) is 25.4 Å². The van der Waals surface area contributed by atoms with Gasteiger partial charge in [0.25, 0.3) is 0 Å². The molecule has 2 aromatic rings. The Morgan fingerprint density at radius 1 is 0.959 bits per heavy atom. The summed E-state index contributed by atoms with van der Waals surface area (Å²) in [7, 11) is 1.66. The molecule has 49 heavy (non-hydrogen) atoms. The second-order valence-electron chi connectivity index (χ2n) is 13.3. The number of methoxy groups -OCH3 is 1. The monoisotopic (exact) mass is 664 g/mol. The van der Waals surface area contributed by atoms with Crippen LogP contribution in [0.4, 0.5) is 0 Å². The van der Waals surface area contributed by atoms with Crippen LogP contribution < -0.4 is 0 Å². The van der Waals surface area contributed by atoms with Crippen molar-refractivity contribution in [3.05, 3.63) is 125 Å². The number of aryl methyl sites for hydroxylation is 3. The predicted octanol–water partition coefficient (Wildman–Crippen LogP) is 9.53. The Kier molecular flexibility index (Phi) is 16.4. The smallest absolute Gasteiger partial charge is 0.335 e. The van der Waals surface area contributed by atoms with E-state index in [1.165, 1.54) is 70.2 Å². The second-order valence-corrected chi connectivity index (χ2v) is 13.3. The fraction of sp³-hybridized carbons (Fsp3) is 0.409. The van der Waals surface area contributed by atoms with Crippen molar-refractivity contribution in [1.29, 1.82) is 0 Å². The summed E-state index contributed by atoms with van der Waals surface area (Å²) in [5.74, 6) is 0.416. The maximum Gasteiger partial charge on any atom is 0.335 e. The Balaban J connectivity index is 0.00000121. The van der Waals surface area contributed by atoms with E-state index in [0.29, 0.717) is 24.0 Å². The summed E-state index contributed by atoms with van der Waals surface area (Å²) in [6.07, 6.45) is 22.8. The molecule has 0 bridgehead atoms. The van der Waals surface area contributed by atoms with E-state index in [-0.39, 0.29) is 18.1 Å². The van der Waals surface area contributed by atoms with Crippen LogP contribution in [-0.4, -0.2) is 44.3 Å². The number of carbonyl (C=O) groups is 2. The van der Waals surface area contributed by atoms with Crippen LogP contribution in [0.15, 0.2) is 103 Å². The molecule has 2 aliphatic carbocycles. The van der Waals surface area contributed by atoms with Crippen LogP contribution in [0.1, 0.15) is 75.1 Å². The van der Waals surface area contributed by atoms with Crippen molar-refractivity contribution in [2.24, 2.45) is 17.8 Å². The Morgan fingerprint density at radius 3 is 2.33 bits per heavy atom. The molecule has 0 amide bonds. The van der Waals surface area contributed by atoms with Crippen molar-refractivity contribution < 1.29 is 24.2 Å². The molecule has 3 atom stereocenters. The van der Waals surface area contributed by atoms with Gasteiger partial charge in [-0.2, -0.15) is 0 Å². The zero-order valence-corrected chi connectivity index (χ0v) is 30.3. The van der Waals surface area contributed by atoms with Gasteiger partial charge in [0.15, 0.2) is 0 Å². The number of allylic oxidation sites excluding steroid dienone is 9. The number of aliphatic hydroxyl groups is 1. The second kappa shape index (κ2) is 20.5. The molecule has 3 unspecified atom stereocenters. The molecule has 262 valence electrons. The van der Waals surface area contributed by atoms with Crippen LogP contribution in [0.25, 0.3) is 16.7 Å². The quantitative estimate of drug-likeness (QED) is 0.0789. The summed E-state index contributed by atoms with van der Waals surface area (Å²) in [6.45, 7) is 15.5. The summed E-state index contributed by atoms with van der Waals surface area (Å²) in [5, 5.41) is 9.10. The molecule has 2 aromatic carbocycles. The van der Waals surface area contributed by atoms with Crippen LogP contribution >= 0.6 is 0 Å². The molecule has 0 radical (unpaired) electrons. The fourth-order valence-electron chi connectivity index (χ4n) is 6.25. The third kappa shape index (κ3) is 12.1. The maximum absolute atomic E-state index is 11.9. The van der Waals surface area contributed by atoms with Crippen molar-refractivity contribution in [2.75, 3.05) is 26.9 Å². The molecular weight excluding hydrogens is 608 g/mol. The lowest BCUT2D eigenvalue weighted by Gasteiger charge is -2.26. The van der Waals surface area contributed by atoms with E-state index in [1.54, 1.807) is 14.0 Å². The van der Waals surface area contributed by atoms with Crippen LogP contribution in [0.5, 0.6) is 0 Å². The molecule has 1 N–H and O–H groups in total. The molecule has 4 rings (SSSR count). The summed E-state index contributed by atoms with van der Waals surface area (Å²) in [5.41, 5.74) is 11.2. The van der Waals surface area contributed by atoms with Crippen molar-refractivity contribution in [2.45, 2.75) is 72.6 Å². The van der Waals surface area contributed by atoms with Gasteiger partial charge in [0.1, 0.15) is 6.29 Å². The number of ether oxygens (including phenoxy) is 2. The molecule has 0 aliphatic heterocycles. The first-order valence-electron chi connectivity index (χ1n) is 17.7. The van der Waals surface area contributed by atoms with Crippen molar-refractivity contribution in [1.82, 2.24) is 0 Å². The Hall–Kier alpha value is -4.06. The maximum atomic E-state index is 11.9. The Bertz CT molecular complexity index is 1570. The van der Waals surface area contributed by atoms with Gasteiger partial charge >= 0.3 is 5.97 Å². The largest absolute Gasteiger partial charge is 0.462 e. The lowest BCUT2D eigenvalue weighted by Crippen LogP contribution is -2.20. The summed E-state index contributed by atoms with van der Waals surface area (Å²) < 4.78 is 10.7. The minimum atomic E-state index is -0.555. The number of aldehydes is 1. The number of esters is 1. The lowest BCUT2D eigenvalue weighted by atomic mass is 9.78. The van der Waals surface area contributed by atoms with Gasteiger partial charge in [-0.3, -0.25) is 4.79 Å². The van der Waals surface area contributed by atoms with Gasteiger partial charge in [0, 0.05) is 24.9 Å². The van der Waals surface area contributed by atoms with Crippen molar-refractivity contribution in [3.8, 4) is 11.1 Å². The molecule has 0 spiro atoms. The van der Waals surface area contributed by atoms with E-state index >= 15 is 0 Å². The highest BCUT2D eigenvalue weighted by Gasteiger charge is 2.22. The Labute approximate surface area is 294 Å². The van der Waals surface area contributed by atoms with E-state index in [0.717, 1.165) is 25.5 Å². The highest BCUT2D eigenvalue weighted by atomic mass is 16.5. The van der Waals surface area contributed by atoms with Crippen LogP contribution in [0.2, 0.25) is 0 Å². The molecule has 0 saturated carbocycles. The van der Waals surface area contributed by atoms with Crippen LogP contribution in [0.3, 0.4) is 0 Å².